The Morgan fingerprint density at radius 2 is 1.93 bits per heavy atom. The molecule has 72 valence electrons. The Morgan fingerprint density at radius 1 is 1.21 bits per heavy atom. The normalized spacial score (nSPS) is 10.4. The molecule has 0 saturated carbocycles. The third-order valence-electron chi connectivity index (χ3n) is 1.74. The monoisotopic (exact) mass is 229 g/mol. The van der Waals surface area contributed by atoms with Gasteiger partial charge in [-0.25, -0.2) is 0 Å². The molecule has 0 unspecified atom stereocenters. The molecule has 0 aliphatic heterocycles. The van der Waals surface area contributed by atoms with Crippen LogP contribution in [-0.2, 0) is 0 Å². The Balaban J connectivity index is 2.60. The van der Waals surface area contributed by atoms with Crippen LogP contribution in [0.2, 0.25) is 10.0 Å². The zero-order chi connectivity index (χ0) is 10.1. The summed E-state index contributed by atoms with van der Waals surface area (Å²) >= 11 is 11.5. The fourth-order valence-electron chi connectivity index (χ4n) is 1.09. The molecule has 0 saturated heterocycles. The molecule has 0 radical (unpaired) electrons. The standard InChI is InChI=1S/C9H5Cl2NO2/c10-6-3-5(8(13)4-7(6)11)9-1-2-12-14-9/h1-4,13H. The van der Waals surface area contributed by atoms with Gasteiger partial charge in [-0.15, -0.1) is 0 Å². The predicted molar refractivity (Wildman–Crippen MR) is 53.6 cm³/mol. The van der Waals surface area contributed by atoms with Gasteiger partial charge in [-0.3, -0.25) is 0 Å². The first-order chi connectivity index (χ1) is 6.68. The zero-order valence-corrected chi connectivity index (χ0v) is 8.38. The third-order valence-corrected chi connectivity index (χ3v) is 2.46. The van der Waals surface area contributed by atoms with Crippen LogP contribution in [0.1, 0.15) is 0 Å². The predicted octanol–water partition coefficient (Wildman–Crippen LogP) is 3.35. The lowest BCUT2D eigenvalue weighted by molar-refractivity contribution is 0.426. The number of hydrogen-bond acceptors (Lipinski definition) is 3. The second kappa shape index (κ2) is 3.52. The first-order valence-corrected chi connectivity index (χ1v) is 4.53. The minimum absolute atomic E-state index is 0.0103. The van der Waals surface area contributed by atoms with Crippen molar-refractivity contribution in [2.75, 3.05) is 0 Å². The summed E-state index contributed by atoms with van der Waals surface area (Å²) in [6.45, 7) is 0. The molecule has 1 N–H and O–H groups in total. The van der Waals surface area contributed by atoms with Crippen LogP contribution in [0.3, 0.4) is 0 Å². The van der Waals surface area contributed by atoms with Crippen molar-refractivity contribution in [1.29, 1.82) is 0 Å². The fraction of sp³-hybridized carbons (Fsp3) is 0. The lowest BCUT2D eigenvalue weighted by Gasteiger charge is -2.02. The van der Waals surface area contributed by atoms with Crippen LogP contribution < -0.4 is 0 Å². The molecule has 0 spiro atoms. The average Bonchev–Trinajstić information content (AvgIpc) is 2.64. The first kappa shape index (κ1) is 9.37. The summed E-state index contributed by atoms with van der Waals surface area (Å²) in [5.74, 6) is 0.456. The minimum atomic E-state index is 0.0103. The smallest absolute Gasteiger partial charge is 0.170 e. The average molecular weight is 230 g/mol. The SMILES string of the molecule is Oc1cc(Cl)c(Cl)cc1-c1ccno1. The summed E-state index contributed by atoms with van der Waals surface area (Å²) in [5, 5.41) is 13.7. The van der Waals surface area contributed by atoms with E-state index in [1.165, 1.54) is 18.3 Å². The number of phenols is 1. The van der Waals surface area contributed by atoms with E-state index >= 15 is 0 Å². The number of aromatic nitrogens is 1. The van der Waals surface area contributed by atoms with Gasteiger partial charge in [0, 0.05) is 12.1 Å². The van der Waals surface area contributed by atoms with Gasteiger partial charge in [0.05, 0.1) is 21.8 Å². The van der Waals surface area contributed by atoms with E-state index in [0.717, 1.165) is 0 Å². The van der Waals surface area contributed by atoms with Crippen LogP contribution in [0.4, 0.5) is 0 Å². The number of rotatable bonds is 1. The van der Waals surface area contributed by atoms with Gasteiger partial charge < -0.3 is 9.63 Å². The largest absolute Gasteiger partial charge is 0.507 e. The third kappa shape index (κ3) is 1.56. The molecule has 2 rings (SSSR count). The van der Waals surface area contributed by atoms with E-state index < -0.39 is 0 Å². The van der Waals surface area contributed by atoms with E-state index in [0.29, 0.717) is 21.4 Å². The van der Waals surface area contributed by atoms with E-state index in [2.05, 4.69) is 5.16 Å². The number of phenolic OH excluding ortho intramolecular Hbond substituents is 1. The van der Waals surface area contributed by atoms with Crippen molar-refractivity contribution in [3.8, 4) is 17.1 Å². The Hall–Kier alpha value is -1.19. The molecule has 1 aromatic heterocycles. The Kier molecular flexibility index (Phi) is 2.35. The molecule has 0 bridgehead atoms. The molecule has 5 heteroatoms. The van der Waals surface area contributed by atoms with Gasteiger partial charge in [-0.2, -0.15) is 0 Å². The van der Waals surface area contributed by atoms with Gasteiger partial charge in [0.1, 0.15) is 5.75 Å². The van der Waals surface area contributed by atoms with Crippen molar-refractivity contribution in [3.05, 3.63) is 34.4 Å². The molecule has 0 aliphatic carbocycles. The Bertz CT molecular complexity index is 454. The molecular formula is C9H5Cl2NO2. The van der Waals surface area contributed by atoms with E-state index in [9.17, 15) is 5.11 Å². The summed E-state index contributed by atoms with van der Waals surface area (Å²) in [4.78, 5) is 0. The summed E-state index contributed by atoms with van der Waals surface area (Å²) in [6.07, 6.45) is 1.48. The van der Waals surface area contributed by atoms with Gasteiger partial charge in [0.15, 0.2) is 5.76 Å². The highest BCUT2D eigenvalue weighted by atomic mass is 35.5. The number of hydrogen-bond donors (Lipinski definition) is 1. The maximum absolute atomic E-state index is 9.56. The molecule has 0 aliphatic rings. The van der Waals surface area contributed by atoms with Gasteiger partial charge in [0.25, 0.3) is 0 Å². The lowest BCUT2D eigenvalue weighted by Crippen LogP contribution is -1.77. The summed E-state index contributed by atoms with van der Waals surface area (Å²) < 4.78 is 4.88. The maximum atomic E-state index is 9.56. The molecule has 14 heavy (non-hydrogen) atoms. The van der Waals surface area contributed by atoms with Crippen LogP contribution in [0.5, 0.6) is 5.75 Å². The number of aromatic hydroxyl groups is 1. The van der Waals surface area contributed by atoms with Crippen LogP contribution in [-0.4, -0.2) is 10.3 Å². The fourth-order valence-corrected chi connectivity index (χ4v) is 1.41. The molecule has 0 fully saturated rings. The van der Waals surface area contributed by atoms with E-state index in [-0.39, 0.29) is 5.75 Å². The van der Waals surface area contributed by atoms with Crippen molar-refractivity contribution < 1.29 is 9.63 Å². The van der Waals surface area contributed by atoms with Crippen molar-refractivity contribution in [1.82, 2.24) is 5.16 Å². The van der Waals surface area contributed by atoms with Gasteiger partial charge >= 0.3 is 0 Å². The van der Waals surface area contributed by atoms with Crippen molar-refractivity contribution in [3.63, 3.8) is 0 Å². The van der Waals surface area contributed by atoms with Gasteiger partial charge in [-0.05, 0) is 6.07 Å². The molecule has 3 nitrogen and oxygen atoms in total. The molecule has 0 amide bonds. The number of nitrogens with zero attached hydrogens (tertiary/aromatic N) is 1. The van der Waals surface area contributed by atoms with Gasteiger partial charge in [-0.1, -0.05) is 28.4 Å². The molecular weight excluding hydrogens is 225 g/mol. The second-order valence-corrected chi connectivity index (χ2v) is 3.47. The van der Waals surface area contributed by atoms with Crippen LogP contribution >= 0.6 is 23.2 Å². The first-order valence-electron chi connectivity index (χ1n) is 3.77. The second-order valence-electron chi connectivity index (χ2n) is 2.66. The van der Waals surface area contributed by atoms with Crippen molar-refractivity contribution in [2.24, 2.45) is 0 Å². The van der Waals surface area contributed by atoms with Crippen molar-refractivity contribution in [2.45, 2.75) is 0 Å². The molecule has 0 atom stereocenters. The quantitative estimate of drug-likeness (QED) is 0.816. The molecule has 1 heterocycles. The highest BCUT2D eigenvalue weighted by Crippen LogP contribution is 2.35. The van der Waals surface area contributed by atoms with Crippen LogP contribution in [0.15, 0.2) is 28.9 Å². The lowest BCUT2D eigenvalue weighted by atomic mass is 10.1. The minimum Gasteiger partial charge on any atom is -0.507 e. The maximum Gasteiger partial charge on any atom is 0.170 e. The number of halogens is 2. The van der Waals surface area contributed by atoms with E-state index in [1.54, 1.807) is 6.07 Å². The topological polar surface area (TPSA) is 46.3 Å². The van der Waals surface area contributed by atoms with E-state index in [1.807, 2.05) is 0 Å². The van der Waals surface area contributed by atoms with Gasteiger partial charge in [0.2, 0.25) is 0 Å². The number of benzene rings is 1. The molecule has 1 aromatic carbocycles. The van der Waals surface area contributed by atoms with Crippen LogP contribution in [0.25, 0.3) is 11.3 Å². The molecule has 2 aromatic rings. The zero-order valence-electron chi connectivity index (χ0n) is 6.87. The van der Waals surface area contributed by atoms with E-state index in [4.69, 9.17) is 27.7 Å². The highest BCUT2D eigenvalue weighted by Gasteiger charge is 2.11. The Labute approximate surface area is 89.9 Å². The summed E-state index contributed by atoms with van der Waals surface area (Å²) in [5.41, 5.74) is 0.469. The summed E-state index contributed by atoms with van der Waals surface area (Å²) in [6, 6.07) is 4.51. The summed E-state index contributed by atoms with van der Waals surface area (Å²) in [7, 11) is 0. The van der Waals surface area contributed by atoms with Crippen molar-refractivity contribution >= 4 is 23.2 Å². The Morgan fingerprint density at radius 3 is 2.57 bits per heavy atom. The van der Waals surface area contributed by atoms with Crippen LogP contribution in [0, 0.1) is 0 Å². The highest BCUT2D eigenvalue weighted by molar-refractivity contribution is 6.42.